The number of nitrogens with zero attached hydrogens (tertiary/aromatic N) is 2. The molecule has 0 unspecified atom stereocenters. The molecule has 0 bridgehead atoms. The van der Waals surface area contributed by atoms with Gasteiger partial charge in [-0.1, -0.05) is 37.3 Å². The zero-order valence-corrected chi connectivity index (χ0v) is 12.0. The highest BCUT2D eigenvalue weighted by Gasteiger charge is 2.39. The maximum Gasteiger partial charge on any atom is 0.161 e. The summed E-state index contributed by atoms with van der Waals surface area (Å²) in [6.07, 6.45) is 4.17. The average molecular weight is 270 g/mol. The van der Waals surface area contributed by atoms with E-state index in [0.29, 0.717) is 0 Å². The number of hydrogen-bond donors (Lipinski definition) is 2. The van der Waals surface area contributed by atoms with Gasteiger partial charge in [-0.25, -0.2) is 4.98 Å². The molecule has 0 spiro atoms. The van der Waals surface area contributed by atoms with Crippen LogP contribution in [-0.4, -0.2) is 28.3 Å². The molecule has 0 aliphatic carbocycles. The van der Waals surface area contributed by atoms with Gasteiger partial charge in [0.1, 0.15) is 5.82 Å². The Balaban J connectivity index is 2.00. The largest absolute Gasteiger partial charge is 0.317 e. The van der Waals surface area contributed by atoms with Crippen molar-refractivity contribution in [2.24, 2.45) is 0 Å². The lowest BCUT2D eigenvalue weighted by Gasteiger charge is -2.35. The molecule has 1 aliphatic rings. The van der Waals surface area contributed by atoms with Crippen LogP contribution in [0.15, 0.2) is 30.3 Å². The maximum atomic E-state index is 4.78. The normalized spacial score (nSPS) is 18.1. The van der Waals surface area contributed by atoms with E-state index in [-0.39, 0.29) is 5.41 Å². The van der Waals surface area contributed by atoms with Crippen LogP contribution in [0.1, 0.15) is 43.4 Å². The molecule has 2 aromatic rings. The SMILES string of the molecule is CCCc1nc(C2(c3ccccc3)CCNCC2)n[nH]1. The first-order valence-corrected chi connectivity index (χ1v) is 7.53. The summed E-state index contributed by atoms with van der Waals surface area (Å²) in [7, 11) is 0. The van der Waals surface area contributed by atoms with Gasteiger partial charge in [0.15, 0.2) is 5.82 Å². The summed E-state index contributed by atoms with van der Waals surface area (Å²) >= 11 is 0. The van der Waals surface area contributed by atoms with Crippen LogP contribution >= 0.6 is 0 Å². The molecule has 20 heavy (non-hydrogen) atoms. The average Bonchev–Trinajstić information content (AvgIpc) is 2.98. The quantitative estimate of drug-likeness (QED) is 0.897. The van der Waals surface area contributed by atoms with Crippen LogP contribution in [0.5, 0.6) is 0 Å². The Morgan fingerprint density at radius 3 is 2.60 bits per heavy atom. The van der Waals surface area contributed by atoms with Gasteiger partial charge in [0, 0.05) is 6.42 Å². The number of hydrogen-bond acceptors (Lipinski definition) is 3. The van der Waals surface area contributed by atoms with E-state index in [2.05, 4.69) is 52.8 Å². The van der Waals surface area contributed by atoms with Gasteiger partial charge < -0.3 is 5.32 Å². The fraction of sp³-hybridized carbons (Fsp3) is 0.500. The predicted molar refractivity (Wildman–Crippen MR) is 79.7 cm³/mol. The lowest BCUT2D eigenvalue weighted by molar-refractivity contribution is 0.346. The molecule has 4 nitrogen and oxygen atoms in total. The van der Waals surface area contributed by atoms with Gasteiger partial charge in [-0.3, -0.25) is 5.10 Å². The Bertz CT molecular complexity index is 541. The van der Waals surface area contributed by atoms with Crippen LogP contribution in [0.4, 0.5) is 0 Å². The lowest BCUT2D eigenvalue weighted by atomic mass is 9.72. The lowest BCUT2D eigenvalue weighted by Crippen LogP contribution is -2.41. The third-order valence-corrected chi connectivity index (χ3v) is 4.23. The highest BCUT2D eigenvalue weighted by molar-refractivity contribution is 5.33. The number of aromatic amines is 1. The van der Waals surface area contributed by atoms with Gasteiger partial charge in [-0.05, 0) is 37.9 Å². The van der Waals surface area contributed by atoms with Gasteiger partial charge in [-0.15, -0.1) is 0 Å². The number of H-pyrrole nitrogens is 1. The Morgan fingerprint density at radius 2 is 1.90 bits per heavy atom. The predicted octanol–water partition coefficient (Wildman–Crippen LogP) is 2.43. The fourth-order valence-electron chi connectivity index (χ4n) is 3.11. The van der Waals surface area contributed by atoms with Gasteiger partial charge in [0.05, 0.1) is 5.41 Å². The van der Waals surface area contributed by atoms with Crippen LogP contribution in [-0.2, 0) is 11.8 Å². The number of aryl methyl sites for hydroxylation is 1. The molecule has 3 rings (SSSR count). The van der Waals surface area contributed by atoms with Crippen molar-refractivity contribution in [3.05, 3.63) is 47.5 Å². The van der Waals surface area contributed by atoms with Crippen molar-refractivity contribution in [2.75, 3.05) is 13.1 Å². The molecule has 2 N–H and O–H groups in total. The smallest absolute Gasteiger partial charge is 0.161 e. The zero-order chi connectivity index (χ0) is 13.8. The molecular weight excluding hydrogens is 248 g/mol. The van der Waals surface area contributed by atoms with E-state index in [0.717, 1.165) is 50.4 Å². The Hall–Kier alpha value is -1.68. The molecule has 0 radical (unpaired) electrons. The molecule has 1 aromatic carbocycles. The van der Waals surface area contributed by atoms with Crippen molar-refractivity contribution in [3.8, 4) is 0 Å². The van der Waals surface area contributed by atoms with Crippen molar-refractivity contribution in [3.63, 3.8) is 0 Å². The highest BCUT2D eigenvalue weighted by atomic mass is 15.2. The molecule has 0 saturated carbocycles. The van der Waals surface area contributed by atoms with E-state index in [9.17, 15) is 0 Å². The van der Waals surface area contributed by atoms with E-state index in [1.165, 1.54) is 5.56 Å². The molecule has 1 aliphatic heterocycles. The maximum absolute atomic E-state index is 4.78. The molecule has 1 aromatic heterocycles. The first-order valence-electron chi connectivity index (χ1n) is 7.53. The summed E-state index contributed by atoms with van der Waals surface area (Å²) in [5.74, 6) is 1.98. The number of nitrogens with one attached hydrogen (secondary N) is 2. The molecule has 2 heterocycles. The minimum absolute atomic E-state index is 0.0327. The van der Waals surface area contributed by atoms with E-state index in [1.54, 1.807) is 0 Å². The van der Waals surface area contributed by atoms with Gasteiger partial charge >= 0.3 is 0 Å². The molecule has 0 atom stereocenters. The fourth-order valence-corrected chi connectivity index (χ4v) is 3.11. The summed E-state index contributed by atoms with van der Waals surface area (Å²) in [6.45, 7) is 4.21. The van der Waals surface area contributed by atoms with E-state index in [1.807, 2.05) is 0 Å². The molecule has 0 amide bonds. The van der Waals surface area contributed by atoms with Crippen molar-refractivity contribution in [1.29, 1.82) is 0 Å². The second-order valence-electron chi connectivity index (χ2n) is 5.55. The van der Waals surface area contributed by atoms with Crippen molar-refractivity contribution >= 4 is 0 Å². The van der Waals surface area contributed by atoms with Crippen LogP contribution in [0.3, 0.4) is 0 Å². The molecule has 4 heteroatoms. The summed E-state index contributed by atoms with van der Waals surface area (Å²) in [5, 5.41) is 11.1. The van der Waals surface area contributed by atoms with E-state index >= 15 is 0 Å². The summed E-state index contributed by atoms with van der Waals surface area (Å²) in [6, 6.07) is 10.7. The van der Waals surface area contributed by atoms with Crippen LogP contribution in [0.25, 0.3) is 0 Å². The molecule has 106 valence electrons. The first kappa shape index (κ1) is 13.3. The molecule has 1 fully saturated rings. The van der Waals surface area contributed by atoms with Crippen LogP contribution in [0, 0.1) is 0 Å². The van der Waals surface area contributed by atoms with Gasteiger partial charge in [-0.2, -0.15) is 5.10 Å². The van der Waals surface area contributed by atoms with Crippen molar-refractivity contribution in [1.82, 2.24) is 20.5 Å². The minimum Gasteiger partial charge on any atom is -0.317 e. The van der Waals surface area contributed by atoms with Crippen LogP contribution < -0.4 is 5.32 Å². The zero-order valence-electron chi connectivity index (χ0n) is 12.0. The number of aromatic nitrogens is 3. The van der Waals surface area contributed by atoms with Crippen LogP contribution in [0.2, 0.25) is 0 Å². The first-order chi connectivity index (χ1) is 9.85. The van der Waals surface area contributed by atoms with Gasteiger partial charge in [0.2, 0.25) is 0 Å². The number of rotatable bonds is 4. The Labute approximate surface area is 120 Å². The minimum atomic E-state index is -0.0327. The van der Waals surface area contributed by atoms with E-state index < -0.39 is 0 Å². The monoisotopic (exact) mass is 270 g/mol. The summed E-state index contributed by atoms with van der Waals surface area (Å²) in [4.78, 5) is 4.78. The standard InChI is InChI=1S/C16H22N4/c1-2-6-14-18-15(20-19-14)16(9-11-17-12-10-16)13-7-4-3-5-8-13/h3-5,7-8,17H,2,6,9-12H2,1H3,(H,18,19,20). The van der Waals surface area contributed by atoms with Gasteiger partial charge in [0.25, 0.3) is 0 Å². The number of benzene rings is 1. The Kier molecular flexibility index (Phi) is 3.83. The third-order valence-electron chi connectivity index (χ3n) is 4.23. The summed E-state index contributed by atoms with van der Waals surface area (Å²) in [5.41, 5.74) is 1.30. The summed E-state index contributed by atoms with van der Waals surface area (Å²) < 4.78 is 0. The van der Waals surface area contributed by atoms with Crippen molar-refractivity contribution < 1.29 is 0 Å². The van der Waals surface area contributed by atoms with Crippen molar-refractivity contribution in [2.45, 2.75) is 38.0 Å². The Morgan fingerprint density at radius 1 is 1.15 bits per heavy atom. The third kappa shape index (κ3) is 2.36. The second-order valence-corrected chi connectivity index (χ2v) is 5.55. The topological polar surface area (TPSA) is 53.6 Å². The highest BCUT2D eigenvalue weighted by Crippen LogP contribution is 2.38. The second kappa shape index (κ2) is 5.75. The van der Waals surface area contributed by atoms with E-state index in [4.69, 9.17) is 4.98 Å². The molecular formula is C16H22N4. The number of piperidine rings is 1. The molecule has 1 saturated heterocycles.